The second-order valence-corrected chi connectivity index (χ2v) is 7.77. The van der Waals surface area contributed by atoms with E-state index in [4.69, 9.17) is 18.9 Å². The van der Waals surface area contributed by atoms with E-state index in [0.717, 1.165) is 11.3 Å². The largest absolute Gasteiger partial charge is 0.497 e. The molecule has 1 unspecified atom stereocenters. The lowest BCUT2D eigenvalue weighted by Gasteiger charge is -2.39. The topological polar surface area (TPSA) is 74.3 Å². The highest BCUT2D eigenvalue weighted by Gasteiger charge is 2.41. The van der Waals surface area contributed by atoms with Crippen LogP contribution in [0, 0.1) is 0 Å². The molecule has 7 nitrogen and oxygen atoms in total. The van der Waals surface area contributed by atoms with Gasteiger partial charge in [0.2, 0.25) is 5.91 Å². The van der Waals surface area contributed by atoms with Gasteiger partial charge in [-0.25, -0.2) is 0 Å². The van der Waals surface area contributed by atoms with E-state index in [2.05, 4.69) is 0 Å². The first-order chi connectivity index (χ1) is 15.5. The van der Waals surface area contributed by atoms with E-state index in [1.807, 2.05) is 12.1 Å². The second kappa shape index (κ2) is 8.94. The first-order valence-corrected chi connectivity index (χ1v) is 10.6. The van der Waals surface area contributed by atoms with E-state index in [1.54, 1.807) is 57.6 Å². The summed E-state index contributed by atoms with van der Waals surface area (Å²) in [5, 5.41) is 0. The zero-order chi connectivity index (χ0) is 22.8. The van der Waals surface area contributed by atoms with Gasteiger partial charge < -0.3 is 18.9 Å². The second-order valence-electron chi connectivity index (χ2n) is 7.77. The number of rotatable bonds is 6. The van der Waals surface area contributed by atoms with Gasteiger partial charge in [0.25, 0.3) is 0 Å². The number of allylic oxidation sites excluding steroid dienone is 2. The Morgan fingerprint density at radius 1 is 0.812 bits per heavy atom. The molecule has 32 heavy (non-hydrogen) atoms. The minimum Gasteiger partial charge on any atom is -0.497 e. The lowest BCUT2D eigenvalue weighted by Crippen LogP contribution is -2.40. The van der Waals surface area contributed by atoms with Crippen LogP contribution in [0.4, 0.5) is 5.69 Å². The molecule has 1 atom stereocenters. The van der Waals surface area contributed by atoms with Crippen molar-refractivity contribution in [3.8, 4) is 23.0 Å². The average Bonchev–Trinajstić information content (AvgIpc) is 2.82. The van der Waals surface area contributed by atoms with Gasteiger partial charge in [-0.15, -0.1) is 0 Å². The third-order valence-corrected chi connectivity index (χ3v) is 6.12. The molecule has 2 aliphatic rings. The molecular weight excluding hydrogens is 410 g/mol. The number of ketones is 1. The molecule has 0 saturated heterocycles. The Hall–Kier alpha value is -3.48. The van der Waals surface area contributed by atoms with Crippen LogP contribution < -0.4 is 23.8 Å². The van der Waals surface area contributed by atoms with Crippen LogP contribution in [-0.2, 0) is 9.59 Å². The van der Waals surface area contributed by atoms with Crippen molar-refractivity contribution in [2.45, 2.75) is 31.6 Å². The minimum atomic E-state index is -0.376. The molecule has 0 bridgehead atoms. The van der Waals surface area contributed by atoms with E-state index >= 15 is 0 Å². The Balaban J connectivity index is 1.90. The average molecular weight is 437 g/mol. The number of nitrogens with zero attached hydrogens (tertiary/aromatic N) is 1. The zero-order valence-electron chi connectivity index (χ0n) is 18.8. The van der Waals surface area contributed by atoms with Gasteiger partial charge in [-0.05, 0) is 31.0 Å². The van der Waals surface area contributed by atoms with Crippen LogP contribution in [0.25, 0.3) is 0 Å². The SMILES string of the molecule is COc1ccc(C2CC(=O)N(c3cc(OC)ccc3OC)C3=C2C(=O)CCC3)c(OC)c1. The molecule has 0 radical (unpaired) electrons. The van der Waals surface area contributed by atoms with Gasteiger partial charge >= 0.3 is 0 Å². The van der Waals surface area contributed by atoms with Crippen molar-refractivity contribution in [1.29, 1.82) is 0 Å². The van der Waals surface area contributed by atoms with Crippen LogP contribution in [0.15, 0.2) is 47.7 Å². The van der Waals surface area contributed by atoms with Gasteiger partial charge in [-0.3, -0.25) is 14.5 Å². The zero-order valence-corrected chi connectivity index (χ0v) is 18.8. The molecule has 0 spiro atoms. The van der Waals surface area contributed by atoms with Crippen LogP contribution in [0.1, 0.15) is 37.2 Å². The van der Waals surface area contributed by atoms with Crippen LogP contribution in [0.5, 0.6) is 23.0 Å². The number of ether oxygens (including phenoxy) is 4. The first-order valence-electron chi connectivity index (χ1n) is 10.6. The molecule has 0 aromatic heterocycles. The van der Waals surface area contributed by atoms with Crippen molar-refractivity contribution in [3.63, 3.8) is 0 Å². The normalized spacial score (nSPS) is 18.4. The van der Waals surface area contributed by atoms with Crippen LogP contribution in [-0.4, -0.2) is 40.1 Å². The lowest BCUT2D eigenvalue weighted by molar-refractivity contribution is -0.120. The molecule has 1 heterocycles. The smallest absolute Gasteiger partial charge is 0.232 e. The molecular formula is C25H27NO6. The van der Waals surface area contributed by atoms with Crippen LogP contribution in [0.2, 0.25) is 0 Å². The summed E-state index contributed by atoms with van der Waals surface area (Å²) in [5.74, 6) is 1.99. The van der Waals surface area contributed by atoms with Gasteiger partial charge in [0, 0.05) is 47.7 Å². The summed E-state index contributed by atoms with van der Waals surface area (Å²) in [6, 6.07) is 10.8. The van der Waals surface area contributed by atoms with Gasteiger partial charge in [0.05, 0.1) is 34.1 Å². The van der Waals surface area contributed by atoms with Crippen molar-refractivity contribution in [1.82, 2.24) is 0 Å². The van der Waals surface area contributed by atoms with Gasteiger partial charge in [-0.1, -0.05) is 6.07 Å². The van der Waals surface area contributed by atoms with E-state index < -0.39 is 0 Å². The summed E-state index contributed by atoms with van der Waals surface area (Å²) in [5.41, 5.74) is 2.79. The summed E-state index contributed by atoms with van der Waals surface area (Å²) in [6.45, 7) is 0. The predicted octanol–water partition coefficient (Wildman–Crippen LogP) is 4.25. The molecule has 2 aromatic rings. The quantitative estimate of drug-likeness (QED) is 0.673. The molecule has 1 amide bonds. The number of hydrogen-bond donors (Lipinski definition) is 0. The maximum atomic E-state index is 13.5. The first kappa shape index (κ1) is 21.7. The molecule has 1 aliphatic heterocycles. The minimum absolute atomic E-state index is 0.0634. The predicted molar refractivity (Wildman–Crippen MR) is 120 cm³/mol. The highest BCUT2D eigenvalue weighted by molar-refractivity contribution is 6.08. The summed E-state index contributed by atoms with van der Waals surface area (Å²) >= 11 is 0. The molecule has 168 valence electrons. The van der Waals surface area contributed by atoms with E-state index in [9.17, 15) is 9.59 Å². The van der Waals surface area contributed by atoms with Crippen molar-refractivity contribution < 1.29 is 28.5 Å². The van der Waals surface area contributed by atoms with Crippen molar-refractivity contribution in [3.05, 3.63) is 53.2 Å². The number of hydrogen-bond acceptors (Lipinski definition) is 6. The Bertz CT molecular complexity index is 1090. The Morgan fingerprint density at radius 2 is 1.50 bits per heavy atom. The summed E-state index contributed by atoms with van der Waals surface area (Å²) < 4.78 is 21.8. The number of carbonyl (C=O) groups is 2. The van der Waals surface area contributed by atoms with Gasteiger partial charge in [0.1, 0.15) is 23.0 Å². The fraction of sp³-hybridized carbons (Fsp3) is 0.360. The standard InChI is InChI=1S/C25H27NO6/c1-29-15-9-11-22(31-3)20(12-15)26-19-6-5-7-21(27)25(19)18(14-24(26)28)17-10-8-16(30-2)13-23(17)32-4/h8-13,18H,5-7,14H2,1-4H3. The van der Waals surface area contributed by atoms with Crippen molar-refractivity contribution in [2.75, 3.05) is 33.3 Å². The Morgan fingerprint density at radius 3 is 2.19 bits per heavy atom. The van der Waals surface area contributed by atoms with Gasteiger partial charge in [0.15, 0.2) is 5.78 Å². The maximum Gasteiger partial charge on any atom is 0.232 e. The number of carbonyl (C=O) groups excluding carboxylic acids is 2. The molecule has 0 N–H and O–H groups in total. The van der Waals surface area contributed by atoms with Gasteiger partial charge in [-0.2, -0.15) is 0 Å². The highest BCUT2D eigenvalue weighted by Crippen LogP contribution is 2.48. The molecule has 2 aromatic carbocycles. The number of Topliss-reactive ketones (excluding diaryl/α,β-unsaturated/α-hetero) is 1. The Kier molecular flexibility index (Phi) is 6.08. The molecule has 0 saturated carbocycles. The van der Waals surface area contributed by atoms with E-state index in [-0.39, 0.29) is 24.0 Å². The molecule has 7 heteroatoms. The Labute approximate surface area is 187 Å². The molecule has 1 aliphatic carbocycles. The fourth-order valence-electron chi connectivity index (χ4n) is 4.62. The van der Waals surface area contributed by atoms with Crippen molar-refractivity contribution >= 4 is 17.4 Å². The highest BCUT2D eigenvalue weighted by atomic mass is 16.5. The number of anilines is 1. The fourth-order valence-corrected chi connectivity index (χ4v) is 4.62. The van der Waals surface area contributed by atoms with E-state index in [1.165, 1.54) is 0 Å². The maximum absolute atomic E-state index is 13.5. The summed E-state index contributed by atoms with van der Waals surface area (Å²) in [4.78, 5) is 28.4. The van der Waals surface area contributed by atoms with Crippen LogP contribution in [0.3, 0.4) is 0 Å². The monoisotopic (exact) mass is 437 g/mol. The number of benzene rings is 2. The lowest BCUT2D eigenvalue weighted by atomic mass is 9.76. The summed E-state index contributed by atoms with van der Waals surface area (Å²) in [7, 11) is 6.30. The number of methoxy groups -OCH3 is 4. The molecule has 0 fully saturated rings. The number of amides is 1. The summed E-state index contributed by atoms with van der Waals surface area (Å²) in [6.07, 6.45) is 1.93. The third-order valence-electron chi connectivity index (χ3n) is 6.12. The third kappa shape index (κ3) is 3.68. The van der Waals surface area contributed by atoms with Crippen molar-refractivity contribution in [2.24, 2.45) is 0 Å². The molecule has 4 rings (SSSR count). The van der Waals surface area contributed by atoms with Crippen LogP contribution >= 0.6 is 0 Å². The van der Waals surface area contributed by atoms with E-state index in [0.29, 0.717) is 53.5 Å².